The average Bonchev–Trinajstić information content (AvgIpc) is 2.49. The van der Waals surface area contributed by atoms with Crippen molar-refractivity contribution in [1.29, 1.82) is 0 Å². The summed E-state index contributed by atoms with van der Waals surface area (Å²) < 4.78 is 2.28. The topological polar surface area (TPSA) is 15.9 Å². The lowest BCUT2D eigenvalue weighted by Gasteiger charge is -2.08. The molecule has 0 spiro atoms. The molecule has 0 unspecified atom stereocenters. The average molecular weight is 289 g/mol. The first kappa shape index (κ1) is 14.3. The number of hydrogen-bond acceptors (Lipinski definition) is 1. The summed E-state index contributed by atoms with van der Waals surface area (Å²) in [5, 5.41) is 3.41. The lowest BCUT2D eigenvalue weighted by atomic mass is 10.2. The van der Waals surface area contributed by atoms with Gasteiger partial charge < -0.3 is 5.32 Å². The van der Waals surface area contributed by atoms with E-state index in [-0.39, 0.29) is 0 Å². The quantitative estimate of drug-likeness (QED) is 0.695. The third-order valence-corrected chi connectivity index (χ3v) is 3.77. The van der Waals surface area contributed by atoms with E-state index in [0.717, 1.165) is 11.4 Å². The molecule has 1 heterocycles. The molecule has 0 amide bonds. The van der Waals surface area contributed by atoms with Gasteiger partial charge >= 0.3 is 0 Å². The number of aromatic nitrogens is 1. The van der Waals surface area contributed by atoms with Gasteiger partial charge in [-0.15, -0.1) is 0 Å². The summed E-state index contributed by atoms with van der Waals surface area (Å²) in [5.41, 5.74) is 7.19. The maximum Gasteiger partial charge on any atom is 0.211 e. The minimum atomic E-state index is 1.10. The summed E-state index contributed by atoms with van der Waals surface area (Å²) in [5.74, 6) is 0. The number of hydrogen-bond donors (Lipinski definition) is 1. The summed E-state index contributed by atoms with van der Waals surface area (Å²) in [6.07, 6.45) is 0. The molecule has 1 aromatic heterocycles. The van der Waals surface area contributed by atoms with Gasteiger partial charge in [0.15, 0.2) is 11.4 Å². The molecule has 2 heteroatoms. The lowest BCUT2D eigenvalue weighted by Crippen LogP contribution is -2.37. The normalized spacial score (nSPS) is 10.5. The zero-order valence-corrected chi connectivity index (χ0v) is 13.3. The van der Waals surface area contributed by atoms with Crippen molar-refractivity contribution in [2.45, 2.75) is 20.8 Å². The van der Waals surface area contributed by atoms with Crippen molar-refractivity contribution in [3.63, 3.8) is 0 Å². The summed E-state index contributed by atoms with van der Waals surface area (Å²) >= 11 is 0. The van der Waals surface area contributed by atoms with E-state index in [1.807, 2.05) is 18.2 Å². The highest BCUT2D eigenvalue weighted by atomic mass is 15.0. The largest absolute Gasteiger partial charge is 0.356 e. The van der Waals surface area contributed by atoms with Crippen molar-refractivity contribution in [3.05, 3.63) is 83.7 Å². The van der Waals surface area contributed by atoms with Crippen molar-refractivity contribution < 1.29 is 4.57 Å². The Morgan fingerprint density at radius 1 is 0.682 bits per heavy atom. The van der Waals surface area contributed by atoms with E-state index in [1.165, 1.54) is 22.6 Å². The molecule has 0 bridgehead atoms. The van der Waals surface area contributed by atoms with Gasteiger partial charge in [-0.25, -0.2) is 0 Å². The Morgan fingerprint density at radius 2 is 1.23 bits per heavy atom. The van der Waals surface area contributed by atoms with Gasteiger partial charge in [0.1, 0.15) is 0 Å². The van der Waals surface area contributed by atoms with E-state index >= 15 is 0 Å². The van der Waals surface area contributed by atoms with Crippen LogP contribution in [0.2, 0.25) is 0 Å². The lowest BCUT2D eigenvalue weighted by molar-refractivity contribution is -0.609. The van der Waals surface area contributed by atoms with Crippen molar-refractivity contribution >= 4 is 11.4 Å². The van der Waals surface area contributed by atoms with Crippen LogP contribution in [0.5, 0.6) is 0 Å². The van der Waals surface area contributed by atoms with Crippen LogP contribution in [0.15, 0.2) is 66.7 Å². The molecule has 0 atom stereocenters. The molecule has 3 aromatic rings. The third kappa shape index (κ3) is 3.01. The van der Waals surface area contributed by atoms with E-state index in [2.05, 4.69) is 79.2 Å². The maximum absolute atomic E-state index is 3.41. The van der Waals surface area contributed by atoms with Gasteiger partial charge in [-0.05, 0) is 36.8 Å². The summed E-state index contributed by atoms with van der Waals surface area (Å²) in [6, 6.07) is 23.2. The first-order valence-corrected chi connectivity index (χ1v) is 7.56. The number of rotatable bonds is 3. The molecule has 2 aromatic carbocycles. The Hall–Kier alpha value is -2.61. The second-order valence-electron chi connectivity index (χ2n) is 5.69. The van der Waals surface area contributed by atoms with Crippen LogP contribution in [-0.2, 0) is 0 Å². The number of aryl methyl sites for hydroxylation is 3. The van der Waals surface area contributed by atoms with Gasteiger partial charge in [0, 0.05) is 49.5 Å². The van der Waals surface area contributed by atoms with E-state index < -0.39 is 0 Å². The number of nitrogens with zero attached hydrogens (tertiary/aromatic N) is 1. The molecule has 0 fully saturated rings. The van der Waals surface area contributed by atoms with Gasteiger partial charge in [-0.1, -0.05) is 18.2 Å². The fraction of sp³-hybridized carbons (Fsp3) is 0.150. The van der Waals surface area contributed by atoms with Crippen LogP contribution >= 0.6 is 0 Å². The third-order valence-electron chi connectivity index (χ3n) is 3.77. The number of nitrogens with one attached hydrogen (secondary N) is 1. The first-order chi connectivity index (χ1) is 10.6. The molecular formula is C20H21N2+. The Balaban J connectivity index is 1.89. The minimum Gasteiger partial charge on any atom is -0.356 e. The highest BCUT2D eigenvalue weighted by Crippen LogP contribution is 2.17. The Morgan fingerprint density at radius 3 is 1.82 bits per heavy atom. The van der Waals surface area contributed by atoms with Crippen LogP contribution in [0.25, 0.3) is 5.69 Å². The second-order valence-corrected chi connectivity index (χ2v) is 5.69. The molecule has 0 aliphatic carbocycles. The predicted molar refractivity (Wildman–Crippen MR) is 91.9 cm³/mol. The number of pyridine rings is 1. The van der Waals surface area contributed by atoms with E-state index in [4.69, 9.17) is 0 Å². The molecule has 0 aliphatic rings. The van der Waals surface area contributed by atoms with E-state index in [0.29, 0.717) is 0 Å². The predicted octanol–water partition coefficient (Wildman–Crippen LogP) is 4.63. The smallest absolute Gasteiger partial charge is 0.211 e. The molecule has 0 saturated heterocycles. The zero-order chi connectivity index (χ0) is 15.5. The molecular weight excluding hydrogens is 268 g/mol. The highest BCUT2D eigenvalue weighted by Gasteiger charge is 2.14. The SMILES string of the molecule is Cc1cc(C)[n+](-c2ccc(Nc3ccccc3)cc2)c(C)c1. The second kappa shape index (κ2) is 6.02. The fourth-order valence-electron chi connectivity index (χ4n) is 2.90. The van der Waals surface area contributed by atoms with Gasteiger partial charge in [-0.2, -0.15) is 4.57 Å². The van der Waals surface area contributed by atoms with Crippen LogP contribution < -0.4 is 9.88 Å². The van der Waals surface area contributed by atoms with Crippen molar-refractivity contribution in [2.75, 3.05) is 5.32 Å². The maximum atomic E-state index is 3.41. The molecule has 0 aliphatic heterocycles. The summed E-state index contributed by atoms with van der Waals surface area (Å²) in [7, 11) is 0. The van der Waals surface area contributed by atoms with Gasteiger partial charge in [0.05, 0.1) is 0 Å². The van der Waals surface area contributed by atoms with Crippen molar-refractivity contribution in [3.8, 4) is 5.69 Å². The minimum absolute atomic E-state index is 1.10. The van der Waals surface area contributed by atoms with Gasteiger partial charge in [0.2, 0.25) is 5.69 Å². The van der Waals surface area contributed by atoms with Crippen LogP contribution in [0.3, 0.4) is 0 Å². The van der Waals surface area contributed by atoms with Crippen molar-refractivity contribution in [2.24, 2.45) is 0 Å². The fourth-order valence-corrected chi connectivity index (χ4v) is 2.90. The first-order valence-electron chi connectivity index (χ1n) is 7.56. The Kier molecular flexibility index (Phi) is 3.92. The number of anilines is 2. The summed E-state index contributed by atoms with van der Waals surface area (Å²) in [6.45, 7) is 6.43. The van der Waals surface area contributed by atoms with Crippen LogP contribution in [0.1, 0.15) is 17.0 Å². The molecule has 1 N–H and O–H groups in total. The van der Waals surface area contributed by atoms with Gasteiger partial charge in [-0.3, -0.25) is 0 Å². The molecule has 2 nitrogen and oxygen atoms in total. The molecule has 0 saturated carbocycles. The number of para-hydroxylation sites is 1. The van der Waals surface area contributed by atoms with Crippen LogP contribution in [-0.4, -0.2) is 0 Å². The highest BCUT2D eigenvalue weighted by molar-refractivity contribution is 5.60. The van der Waals surface area contributed by atoms with Crippen LogP contribution in [0.4, 0.5) is 11.4 Å². The molecule has 3 rings (SSSR count). The monoisotopic (exact) mass is 289 g/mol. The van der Waals surface area contributed by atoms with E-state index in [9.17, 15) is 0 Å². The summed E-state index contributed by atoms with van der Waals surface area (Å²) in [4.78, 5) is 0. The van der Waals surface area contributed by atoms with Crippen LogP contribution in [0, 0.1) is 20.8 Å². The van der Waals surface area contributed by atoms with E-state index in [1.54, 1.807) is 0 Å². The molecule has 110 valence electrons. The Labute approximate surface area is 132 Å². The molecule has 22 heavy (non-hydrogen) atoms. The molecule has 0 radical (unpaired) electrons. The van der Waals surface area contributed by atoms with Gasteiger partial charge in [0.25, 0.3) is 0 Å². The standard InChI is InChI=1S/C20H21N2/c1-15-13-16(2)22(17(3)14-15)20-11-9-19(10-12-20)21-18-7-5-4-6-8-18/h4-14,21H,1-3H3/q+1. The van der Waals surface area contributed by atoms with Crippen molar-refractivity contribution in [1.82, 2.24) is 0 Å². The number of benzene rings is 2. The zero-order valence-electron chi connectivity index (χ0n) is 13.3. The Bertz CT molecular complexity index is 752.